The van der Waals surface area contributed by atoms with E-state index in [0.29, 0.717) is 24.7 Å². The molecule has 3 N–H and O–H groups in total. The minimum absolute atomic E-state index is 0.128. The van der Waals surface area contributed by atoms with Gasteiger partial charge in [0.15, 0.2) is 0 Å². The molecule has 116 valence electrons. The molecule has 1 aliphatic rings. The standard InChI is InChI=1S/C15H21ClFN3O/c16-13-8-12(17)3-4-14(13)19-15(21)10-20-7-1-2-11(9-20)5-6-18/h3-4,8,11H,1-2,5-7,9-10,18H2,(H,19,21). The molecule has 0 aromatic heterocycles. The van der Waals surface area contributed by atoms with Crippen molar-refractivity contribution in [2.24, 2.45) is 11.7 Å². The summed E-state index contributed by atoms with van der Waals surface area (Å²) in [6.07, 6.45) is 3.27. The number of halogens is 2. The summed E-state index contributed by atoms with van der Waals surface area (Å²) in [6.45, 7) is 2.85. The van der Waals surface area contributed by atoms with Gasteiger partial charge in [0.1, 0.15) is 5.82 Å². The second-order valence-electron chi connectivity index (χ2n) is 5.49. The number of carbonyl (C=O) groups is 1. The summed E-state index contributed by atoms with van der Waals surface area (Å²) in [5.74, 6) is 0.0292. The largest absolute Gasteiger partial charge is 0.330 e. The number of nitrogens with zero attached hydrogens (tertiary/aromatic N) is 1. The summed E-state index contributed by atoms with van der Waals surface area (Å²) < 4.78 is 13.0. The number of hydrogen-bond acceptors (Lipinski definition) is 3. The van der Waals surface area contributed by atoms with Crippen molar-refractivity contribution >= 4 is 23.2 Å². The third-order valence-corrected chi connectivity index (χ3v) is 4.06. The van der Waals surface area contributed by atoms with E-state index in [1.807, 2.05) is 0 Å². The lowest BCUT2D eigenvalue weighted by Crippen LogP contribution is -2.41. The van der Waals surface area contributed by atoms with Crippen LogP contribution in [0, 0.1) is 11.7 Å². The van der Waals surface area contributed by atoms with Crippen molar-refractivity contribution < 1.29 is 9.18 Å². The average molecular weight is 314 g/mol. The lowest BCUT2D eigenvalue weighted by atomic mass is 9.95. The molecule has 21 heavy (non-hydrogen) atoms. The van der Waals surface area contributed by atoms with Crippen molar-refractivity contribution in [2.45, 2.75) is 19.3 Å². The van der Waals surface area contributed by atoms with Crippen LogP contribution in [-0.2, 0) is 4.79 Å². The Morgan fingerprint density at radius 3 is 3.05 bits per heavy atom. The lowest BCUT2D eigenvalue weighted by Gasteiger charge is -2.32. The third kappa shape index (κ3) is 4.95. The molecule has 1 unspecified atom stereocenters. The number of nitrogens with one attached hydrogen (secondary N) is 1. The molecule has 0 bridgehead atoms. The molecule has 1 atom stereocenters. The summed E-state index contributed by atoms with van der Waals surface area (Å²) >= 11 is 5.90. The topological polar surface area (TPSA) is 58.4 Å². The Hall–Kier alpha value is -1.17. The maximum Gasteiger partial charge on any atom is 0.238 e. The first kappa shape index (κ1) is 16.2. The van der Waals surface area contributed by atoms with Crippen molar-refractivity contribution in [2.75, 3.05) is 31.5 Å². The molecule has 1 aromatic rings. The number of carbonyl (C=O) groups excluding carboxylic acids is 1. The van der Waals surface area contributed by atoms with E-state index in [9.17, 15) is 9.18 Å². The fourth-order valence-electron chi connectivity index (χ4n) is 2.75. The predicted octanol–water partition coefficient (Wildman–Crippen LogP) is 2.48. The molecule has 1 fully saturated rings. The minimum Gasteiger partial charge on any atom is -0.330 e. The second kappa shape index (κ2) is 7.73. The van der Waals surface area contributed by atoms with Crippen LogP contribution >= 0.6 is 11.6 Å². The van der Waals surface area contributed by atoms with Gasteiger partial charge in [-0.2, -0.15) is 0 Å². The van der Waals surface area contributed by atoms with Crippen molar-refractivity contribution in [3.8, 4) is 0 Å². The maximum atomic E-state index is 13.0. The summed E-state index contributed by atoms with van der Waals surface area (Å²) in [4.78, 5) is 14.2. The van der Waals surface area contributed by atoms with Gasteiger partial charge in [-0.25, -0.2) is 4.39 Å². The van der Waals surface area contributed by atoms with Crippen LogP contribution in [0.3, 0.4) is 0 Å². The number of benzene rings is 1. The second-order valence-corrected chi connectivity index (χ2v) is 5.90. The van der Waals surface area contributed by atoms with Crippen LogP contribution in [0.2, 0.25) is 5.02 Å². The third-order valence-electron chi connectivity index (χ3n) is 3.75. The SMILES string of the molecule is NCCC1CCCN(CC(=O)Nc2ccc(F)cc2Cl)C1. The molecular weight excluding hydrogens is 293 g/mol. The van der Waals surface area contributed by atoms with Crippen LogP contribution in [-0.4, -0.2) is 37.0 Å². The van der Waals surface area contributed by atoms with Crippen LogP contribution in [0.25, 0.3) is 0 Å². The molecule has 4 nitrogen and oxygen atoms in total. The molecule has 0 radical (unpaired) electrons. The van der Waals surface area contributed by atoms with Gasteiger partial charge >= 0.3 is 0 Å². The van der Waals surface area contributed by atoms with Gasteiger partial charge in [0.2, 0.25) is 5.91 Å². The molecule has 1 aliphatic heterocycles. The normalized spacial score (nSPS) is 19.5. The van der Waals surface area contributed by atoms with Crippen molar-refractivity contribution in [1.29, 1.82) is 0 Å². The van der Waals surface area contributed by atoms with Gasteiger partial charge in [0, 0.05) is 6.54 Å². The predicted molar refractivity (Wildman–Crippen MR) is 82.9 cm³/mol. The number of nitrogens with two attached hydrogens (primary N) is 1. The number of piperidine rings is 1. The smallest absolute Gasteiger partial charge is 0.238 e. The van der Waals surface area contributed by atoms with E-state index in [1.54, 1.807) is 0 Å². The molecule has 0 spiro atoms. The fraction of sp³-hybridized carbons (Fsp3) is 0.533. The molecular formula is C15H21ClFN3O. The Labute approximate surface area is 129 Å². The van der Waals surface area contributed by atoms with E-state index in [1.165, 1.54) is 24.6 Å². The lowest BCUT2D eigenvalue weighted by molar-refractivity contribution is -0.117. The molecule has 1 amide bonds. The van der Waals surface area contributed by atoms with Gasteiger partial charge in [-0.3, -0.25) is 9.69 Å². The van der Waals surface area contributed by atoms with Gasteiger partial charge in [-0.15, -0.1) is 0 Å². The summed E-state index contributed by atoms with van der Waals surface area (Å²) in [7, 11) is 0. The Kier molecular flexibility index (Phi) is 5.96. The summed E-state index contributed by atoms with van der Waals surface area (Å²) in [6, 6.07) is 3.94. The van der Waals surface area contributed by atoms with E-state index < -0.39 is 5.82 Å². The van der Waals surface area contributed by atoms with Gasteiger partial charge in [-0.05, 0) is 56.5 Å². The van der Waals surface area contributed by atoms with E-state index >= 15 is 0 Å². The van der Waals surface area contributed by atoms with Crippen molar-refractivity contribution in [1.82, 2.24) is 4.90 Å². The highest BCUT2D eigenvalue weighted by atomic mass is 35.5. The molecule has 1 aromatic carbocycles. The van der Waals surface area contributed by atoms with Gasteiger partial charge in [0.05, 0.1) is 17.3 Å². The highest BCUT2D eigenvalue weighted by Crippen LogP contribution is 2.23. The van der Waals surface area contributed by atoms with Crippen molar-refractivity contribution in [3.63, 3.8) is 0 Å². The average Bonchev–Trinajstić information content (AvgIpc) is 2.43. The molecule has 0 aliphatic carbocycles. The Morgan fingerprint density at radius 1 is 1.52 bits per heavy atom. The number of amides is 1. The maximum absolute atomic E-state index is 13.0. The zero-order valence-electron chi connectivity index (χ0n) is 11.9. The first-order valence-corrected chi connectivity index (χ1v) is 7.63. The van der Waals surface area contributed by atoms with Gasteiger partial charge < -0.3 is 11.1 Å². The van der Waals surface area contributed by atoms with E-state index in [4.69, 9.17) is 17.3 Å². The number of likely N-dealkylation sites (tertiary alicyclic amines) is 1. The van der Waals surface area contributed by atoms with Crippen LogP contribution in [0.15, 0.2) is 18.2 Å². The van der Waals surface area contributed by atoms with Crippen LogP contribution in [0.1, 0.15) is 19.3 Å². The Bertz CT molecular complexity index is 496. The van der Waals surface area contributed by atoms with E-state index in [0.717, 1.165) is 25.9 Å². The molecule has 6 heteroatoms. The Morgan fingerprint density at radius 2 is 2.33 bits per heavy atom. The molecule has 1 heterocycles. The fourth-order valence-corrected chi connectivity index (χ4v) is 2.96. The quantitative estimate of drug-likeness (QED) is 0.878. The molecule has 2 rings (SSSR count). The van der Waals surface area contributed by atoms with E-state index in [2.05, 4.69) is 10.2 Å². The molecule has 1 saturated heterocycles. The zero-order chi connectivity index (χ0) is 15.2. The number of anilines is 1. The van der Waals surface area contributed by atoms with Crippen molar-refractivity contribution in [3.05, 3.63) is 29.0 Å². The van der Waals surface area contributed by atoms with Crippen LogP contribution in [0.5, 0.6) is 0 Å². The Balaban J connectivity index is 1.86. The number of hydrogen-bond donors (Lipinski definition) is 2. The summed E-state index contributed by atoms with van der Waals surface area (Å²) in [5.41, 5.74) is 6.04. The summed E-state index contributed by atoms with van der Waals surface area (Å²) in [5, 5.41) is 2.94. The first-order chi connectivity index (χ1) is 10.1. The minimum atomic E-state index is -0.418. The van der Waals surface area contributed by atoms with Gasteiger partial charge in [-0.1, -0.05) is 11.6 Å². The highest BCUT2D eigenvalue weighted by Gasteiger charge is 2.21. The van der Waals surface area contributed by atoms with Crippen LogP contribution < -0.4 is 11.1 Å². The number of rotatable bonds is 5. The van der Waals surface area contributed by atoms with Gasteiger partial charge in [0.25, 0.3) is 0 Å². The highest BCUT2D eigenvalue weighted by molar-refractivity contribution is 6.33. The van der Waals surface area contributed by atoms with Crippen LogP contribution in [0.4, 0.5) is 10.1 Å². The van der Waals surface area contributed by atoms with E-state index in [-0.39, 0.29) is 10.9 Å². The molecule has 0 saturated carbocycles. The first-order valence-electron chi connectivity index (χ1n) is 7.26. The monoisotopic (exact) mass is 313 g/mol. The zero-order valence-corrected chi connectivity index (χ0v) is 12.7.